The highest BCUT2D eigenvalue weighted by Gasteiger charge is 2.15. The average Bonchev–Trinajstić information content (AvgIpc) is 3.08. The van der Waals surface area contributed by atoms with Gasteiger partial charge in [-0.1, -0.05) is 17.7 Å². The molecular weight excluding hydrogens is 352 g/mol. The SMILES string of the molecule is O=C(Nc1cccc(Cl)c1F)c1ccc(COc2ccc(F)cc2)o1. The molecule has 7 heteroatoms. The van der Waals surface area contributed by atoms with E-state index in [9.17, 15) is 13.6 Å². The summed E-state index contributed by atoms with van der Waals surface area (Å²) in [5, 5.41) is 2.29. The van der Waals surface area contributed by atoms with E-state index in [2.05, 4.69) is 5.32 Å². The van der Waals surface area contributed by atoms with E-state index in [1.807, 2.05) is 0 Å². The number of hydrogen-bond acceptors (Lipinski definition) is 3. The van der Waals surface area contributed by atoms with Gasteiger partial charge in [-0.25, -0.2) is 8.78 Å². The zero-order valence-corrected chi connectivity index (χ0v) is 13.5. The molecule has 0 aliphatic carbocycles. The van der Waals surface area contributed by atoms with Gasteiger partial charge in [-0.15, -0.1) is 0 Å². The van der Waals surface area contributed by atoms with Gasteiger partial charge >= 0.3 is 0 Å². The molecular formula is C18H12ClF2NO3. The van der Waals surface area contributed by atoms with Crippen LogP contribution in [0.3, 0.4) is 0 Å². The van der Waals surface area contributed by atoms with Gasteiger partial charge in [0.15, 0.2) is 11.6 Å². The molecule has 3 rings (SSSR count). The molecule has 3 aromatic rings. The van der Waals surface area contributed by atoms with Crippen molar-refractivity contribution in [3.63, 3.8) is 0 Å². The number of nitrogens with one attached hydrogen (secondary N) is 1. The van der Waals surface area contributed by atoms with Crippen molar-refractivity contribution < 1.29 is 22.7 Å². The normalized spacial score (nSPS) is 10.5. The molecule has 4 nitrogen and oxygen atoms in total. The summed E-state index contributed by atoms with van der Waals surface area (Å²) in [7, 11) is 0. The summed E-state index contributed by atoms with van der Waals surface area (Å²) in [5.74, 6) is -0.849. The Balaban J connectivity index is 1.63. The van der Waals surface area contributed by atoms with Gasteiger partial charge in [-0.3, -0.25) is 4.79 Å². The number of carbonyl (C=O) groups excluding carboxylic acids is 1. The number of amides is 1. The fourth-order valence-corrected chi connectivity index (χ4v) is 2.22. The molecule has 0 radical (unpaired) electrons. The summed E-state index contributed by atoms with van der Waals surface area (Å²) in [6.45, 7) is 0.0600. The minimum atomic E-state index is -0.719. The van der Waals surface area contributed by atoms with Gasteiger partial charge < -0.3 is 14.5 Å². The molecule has 0 atom stereocenters. The topological polar surface area (TPSA) is 51.5 Å². The van der Waals surface area contributed by atoms with Crippen molar-refractivity contribution in [2.24, 2.45) is 0 Å². The van der Waals surface area contributed by atoms with Crippen molar-refractivity contribution in [1.82, 2.24) is 0 Å². The molecule has 0 saturated heterocycles. The predicted octanol–water partition coefficient (Wildman–Crippen LogP) is 5.04. The minimum absolute atomic E-state index is 0.00270. The zero-order valence-electron chi connectivity index (χ0n) is 12.8. The molecule has 1 aromatic heterocycles. The van der Waals surface area contributed by atoms with Crippen LogP contribution < -0.4 is 10.1 Å². The molecule has 2 aromatic carbocycles. The van der Waals surface area contributed by atoms with Crippen LogP contribution in [-0.4, -0.2) is 5.91 Å². The Hall–Kier alpha value is -2.86. The molecule has 0 aliphatic rings. The Labute approximate surface area is 147 Å². The maximum atomic E-state index is 13.8. The summed E-state index contributed by atoms with van der Waals surface area (Å²) in [6.07, 6.45) is 0. The number of anilines is 1. The average molecular weight is 364 g/mol. The lowest BCUT2D eigenvalue weighted by Crippen LogP contribution is -2.12. The largest absolute Gasteiger partial charge is 0.486 e. The van der Waals surface area contributed by atoms with Crippen molar-refractivity contribution in [2.75, 3.05) is 5.32 Å². The number of rotatable bonds is 5. The van der Waals surface area contributed by atoms with Gasteiger partial charge in [-0.2, -0.15) is 0 Å². The second-order valence-corrected chi connectivity index (χ2v) is 5.47. The van der Waals surface area contributed by atoms with Gasteiger partial charge in [0, 0.05) is 0 Å². The first-order valence-electron chi connectivity index (χ1n) is 7.25. The number of carbonyl (C=O) groups is 1. The highest BCUT2D eigenvalue weighted by Crippen LogP contribution is 2.23. The summed E-state index contributed by atoms with van der Waals surface area (Å²) >= 11 is 5.67. The molecule has 1 N–H and O–H groups in total. The zero-order chi connectivity index (χ0) is 17.8. The van der Waals surface area contributed by atoms with E-state index in [1.165, 1.54) is 48.5 Å². The Kier molecular flexibility index (Phi) is 5.00. The van der Waals surface area contributed by atoms with E-state index >= 15 is 0 Å². The van der Waals surface area contributed by atoms with E-state index < -0.39 is 11.7 Å². The van der Waals surface area contributed by atoms with Crippen LogP contribution in [-0.2, 0) is 6.61 Å². The van der Waals surface area contributed by atoms with E-state index in [4.69, 9.17) is 20.8 Å². The fraction of sp³-hybridized carbons (Fsp3) is 0.0556. The molecule has 0 unspecified atom stereocenters. The van der Waals surface area contributed by atoms with E-state index in [0.29, 0.717) is 11.5 Å². The van der Waals surface area contributed by atoms with Crippen molar-refractivity contribution in [2.45, 2.75) is 6.61 Å². The number of hydrogen-bond donors (Lipinski definition) is 1. The molecule has 0 fully saturated rings. The number of furan rings is 1. The fourth-order valence-electron chi connectivity index (χ4n) is 2.05. The Morgan fingerprint density at radius 3 is 2.60 bits per heavy atom. The summed E-state index contributed by atoms with van der Waals surface area (Å²) < 4.78 is 37.4. The first-order valence-corrected chi connectivity index (χ1v) is 7.63. The van der Waals surface area contributed by atoms with Gasteiger partial charge in [0.05, 0.1) is 10.7 Å². The highest BCUT2D eigenvalue weighted by atomic mass is 35.5. The maximum Gasteiger partial charge on any atom is 0.291 e. The second-order valence-electron chi connectivity index (χ2n) is 5.06. The lowest BCUT2D eigenvalue weighted by atomic mass is 10.3. The smallest absolute Gasteiger partial charge is 0.291 e. The molecule has 0 spiro atoms. The predicted molar refractivity (Wildman–Crippen MR) is 88.8 cm³/mol. The third-order valence-corrected chi connectivity index (χ3v) is 3.57. The van der Waals surface area contributed by atoms with E-state index in [0.717, 1.165) is 0 Å². The van der Waals surface area contributed by atoms with Crippen molar-refractivity contribution in [3.8, 4) is 5.75 Å². The molecule has 1 amide bonds. The van der Waals surface area contributed by atoms with Crippen LogP contribution in [0, 0.1) is 11.6 Å². The van der Waals surface area contributed by atoms with E-state index in [-0.39, 0.29) is 28.9 Å². The number of ether oxygens (including phenoxy) is 1. The highest BCUT2D eigenvalue weighted by molar-refractivity contribution is 6.31. The van der Waals surface area contributed by atoms with Crippen LogP contribution >= 0.6 is 11.6 Å². The quantitative estimate of drug-likeness (QED) is 0.690. The van der Waals surface area contributed by atoms with Crippen molar-refractivity contribution >= 4 is 23.2 Å². The maximum absolute atomic E-state index is 13.8. The van der Waals surface area contributed by atoms with Gasteiger partial charge in [-0.05, 0) is 48.5 Å². The third-order valence-electron chi connectivity index (χ3n) is 3.28. The van der Waals surface area contributed by atoms with Gasteiger partial charge in [0.2, 0.25) is 0 Å². The van der Waals surface area contributed by atoms with Gasteiger partial charge in [0.25, 0.3) is 5.91 Å². The van der Waals surface area contributed by atoms with Crippen LogP contribution in [0.1, 0.15) is 16.3 Å². The summed E-state index contributed by atoms with van der Waals surface area (Å²) in [4.78, 5) is 12.1. The molecule has 0 aliphatic heterocycles. The van der Waals surface area contributed by atoms with Crippen LogP contribution in [0.5, 0.6) is 5.75 Å². The van der Waals surface area contributed by atoms with Crippen molar-refractivity contribution in [3.05, 3.63) is 82.8 Å². The Bertz CT molecular complexity index is 894. The standard InChI is InChI=1S/C18H12ClF2NO3/c19-14-2-1-3-15(17(14)21)22-18(23)16-9-8-13(25-16)10-24-12-6-4-11(20)5-7-12/h1-9H,10H2,(H,22,23). The first kappa shape index (κ1) is 17.0. The van der Waals surface area contributed by atoms with Gasteiger partial charge in [0.1, 0.15) is 23.9 Å². The monoisotopic (exact) mass is 363 g/mol. The molecule has 128 valence electrons. The van der Waals surface area contributed by atoms with Crippen LogP contribution in [0.4, 0.5) is 14.5 Å². The lowest BCUT2D eigenvalue weighted by Gasteiger charge is -2.06. The van der Waals surface area contributed by atoms with E-state index in [1.54, 1.807) is 6.07 Å². The van der Waals surface area contributed by atoms with Crippen LogP contribution in [0.25, 0.3) is 0 Å². The third kappa shape index (κ3) is 4.16. The minimum Gasteiger partial charge on any atom is -0.486 e. The number of halogens is 3. The first-order chi connectivity index (χ1) is 12.0. The number of benzene rings is 2. The van der Waals surface area contributed by atoms with Crippen LogP contribution in [0.2, 0.25) is 5.02 Å². The second kappa shape index (κ2) is 7.36. The van der Waals surface area contributed by atoms with Crippen LogP contribution in [0.15, 0.2) is 59.0 Å². The Morgan fingerprint density at radius 1 is 1.08 bits per heavy atom. The van der Waals surface area contributed by atoms with Crippen molar-refractivity contribution in [1.29, 1.82) is 0 Å². The Morgan fingerprint density at radius 2 is 1.84 bits per heavy atom. The molecule has 1 heterocycles. The molecule has 25 heavy (non-hydrogen) atoms. The summed E-state index contributed by atoms with van der Waals surface area (Å²) in [5.41, 5.74) is -0.0435. The summed E-state index contributed by atoms with van der Waals surface area (Å²) in [6, 6.07) is 12.8. The molecule has 0 bridgehead atoms. The lowest BCUT2D eigenvalue weighted by molar-refractivity contribution is 0.0992. The molecule has 0 saturated carbocycles.